The van der Waals surface area contributed by atoms with Crippen LogP contribution in [0.15, 0.2) is 18.2 Å². The van der Waals surface area contributed by atoms with Crippen molar-refractivity contribution in [3.8, 4) is 0 Å². The third kappa shape index (κ3) is 3.59. The molecule has 1 aliphatic heterocycles. The summed E-state index contributed by atoms with van der Waals surface area (Å²) in [7, 11) is 0. The van der Waals surface area contributed by atoms with Gasteiger partial charge in [0.05, 0.1) is 0 Å². The summed E-state index contributed by atoms with van der Waals surface area (Å²) in [6.07, 6.45) is 3.74. The Labute approximate surface area is 113 Å². The number of likely N-dealkylation sites (tertiary alicyclic amines) is 1. The molecule has 0 aliphatic carbocycles. The standard InChI is InChI=1S/C13H18Cl2N2/c14-11-5-10(6-12(15)7-11)9-17-4-2-1-3-13(17)8-16/h5-7,13H,1-4,8-9,16H2. The number of benzene rings is 1. The Morgan fingerprint density at radius 1 is 1.18 bits per heavy atom. The summed E-state index contributed by atoms with van der Waals surface area (Å²) in [5, 5.41) is 1.41. The smallest absolute Gasteiger partial charge is 0.0424 e. The second-order valence-corrected chi connectivity index (χ2v) is 5.51. The first-order valence-electron chi connectivity index (χ1n) is 6.08. The molecule has 17 heavy (non-hydrogen) atoms. The number of halogens is 2. The van der Waals surface area contributed by atoms with Gasteiger partial charge in [-0.05, 0) is 43.1 Å². The number of hydrogen-bond donors (Lipinski definition) is 1. The van der Waals surface area contributed by atoms with Gasteiger partial charge in [-0.15, -0.1) is 0 Å². The Kier molecular flexibility index (Phi) is 4.69. The Hall–Kier alpha value is -0.280. The third-order valence-corrected chi connectivity index (χ3v) is 3.77. The molecular formula is C13H18Cl2N2. The lowest BCUT2D eigenvalue weighted by molar-refractivity contribution is 0.145. The summed E-state index contributed by atoms with van der Waals surface area (Å²) in [5.41, 5.74) is 6.98. The molecule has 94 valence electrons. The van der Waals surface area contributed by atoms with Crippen molar-refractivity contribution in [2.45, 2.75) is 31.8 Å². The molecule has 2 nitrogen and oxygen atoms in total. The Morgan fingerprint density at radius 3 is 2.53 bits per heavy atom. The first-order chi connectivity index (χ1) is 8.19. The molecular weight excluding hydrogens is 255 g/mol. The molecule has 4 heteroatoms. The van der Waals surface area contributed by atoms with E-state index in [0.29, 0.717) is 16.1 Å². The number of nitrogens with zero attached hydrogens (tertiary/aromatic N) is 1. The van der Waals surface area contributed by atoms with Gasteiger partial charge in [-0.1, -0.05) is 29.6 Å². The third-order valence-electron chi connectivity index (χ3n) is 3.33. The van der Waals surface area contributed by atoms with Crippen molar-refractivity contribution in [2.75, 3.05) is 13.1 Å². The molecule has 1 aliphatic rings. The van der Waals surface area contributed by atoms with E-state index in [1.807, 2.05) is 12.1 Å². The minimum atomic E-state index is 0.501. The summed E-state index contributed by atoms with van der Waals surface area (Å²) in [5.74, 6) is 0. The summed E-state index contributed by atoms with van der Waals surface area (Å²) in [6, 6.07) is 6.23. The Morgan fingerprint density at radius 2 is 1.88 bits per heavy atom. The molecule has 1 fully saturated rings. The van der Waals surface area contributed by atoms with Gasteiger partial charge in [0.15, 0.2) is 0 Å². The SMILES string of the molecule is NCC1CCCCN1Cc1cc(Cl)cc(Cl)c1. The van der Waals surface area contributed by atoms with Crippen LogP contribution < -0.4 is 5.73 Å². The largest absolute Gasteiger partial charge is 0.329 e. The van der Waals surface area contributed by atoms with Gasteiger partial charge in [0.1, 0.15) is 0 Å². The lowest BCUT2D eigenvalue weighted by Crippen LogP contribution is -2.43. The normalized spacial score (nSPS) is 21.7. The maximum atomic E-state index is 6.01. The summed E-state index contributed by atoms with van der Waals surface area (Å²) < 4.78 is 0. The Balaban J connectivity index is 2.08. The molecule has 0 aromatic heterocycles. The van der Waals surface area contributed by atoms with Crippen molar-refractivity contribution in [2.24, 2.45) is 5.73 Å². The van der Waals surface area contributed by atoms with Crippen molar-refractivity contribution < 1.29 is 0 Å². The Bertz CT molecular complexity index is 361. The summed E-state index contributed by atoms with van der Waals surface area (Å²) >= 11 is 12.0. The van der Waals surface area contributed by atoms with Crippen LogP contribution in [0.3, 0.4) is 0 Å². The van der Waals surface area contributed by atoms with Crippen LogP contribution in [0.4, 0.5) is 0 Å². The first kappa shape index (κ1) is 13.2. The average Bonchev–Trinajstić information content (AvgIpc) is 2.28. The molecule has 1 saturated heterocycles. The fourth-order valence-electron chi connectivity index (χ4n) is 2.47. The van der Waals surface area contributed by atoms with Gasteiger partial charge in [-0.3, -0.25) is 4.90 Å². The monoisotopic (exact) mass is 272 g/mol. The van der Waals surface area contributed by atoms with Gasteiger partial charge in [0, 0.05) is 29.2 Å². The van der Waals surface area contributed by atoms with E-state index in [1.54, 1.807) is 6.07 Å². The maximum Gasteiger partial charge on any atom is 0.0424 e. The first-order valence-corrected chi connectivity index (χ1v) is 6.83. The fourth-order valence-corrected chi connectivity index (χ4v) is 3.04. The van der Waals surface area contributed by atoms with Crippen molar-refractivity contribution in [3.05, 3.63) is 33.8 Å². The average molecular weight is 273 g/mol. The van der Waals surface area contributed by atoms with E-state index in [4.69, 9.17) is 28.9 Å². The van der Waals surface area contributed by atoms with Crippen LogP contribution in [-0.2, 0) is 6.54 Å². The van der Waals surface area contributed by atoms with E-state index < -0.39 is 0 Å². The van der Waals surface area contributed by atoms with E-state index in [1.165, 1.54) is 24.8 Å². The molecule has 0 bridgehead atoms. The highest BCUT2D eigenvalue weighted by atomic mass is 35.5. The molecule has 1 aromatic rings. The van der Waals surface area contributed by atoms with Crippen LogP contribution in [0, 0.1) is 0 Å². The van der Waals surface area contributed by atoms with Crippen LogP contribution in [0.5, 0.6) is 0 Å². The molecule has 1 heterocycles. The van der Waals surface area contributed by atoms with E-state index in [9.17, 15) is 0 Å². The predicted molar refractivity (Wildman–Crippen MR) is 73.6 cm³/mol. The van der Waals surface area contributed by atoms with Gasteiger partial charge >= 0.3 is 0 Å². The molecule has 1 aromatic carbocycles. The molecule has 1 unspecified atom stereocenters. The summed E-state index contributed by atoms with van der Waals surface area (Å²) in [6.45, 7) is 2.74. The molecule has 0 saturated carbocycles. The fraction of sp³-hybridized carbons (Fsp3) is 0.538. The number of rotatable bonds is 3. The van der Waals surface area contributed by atoms with Crippen molar-refractivity contribution in [3.63, 3.8) is 0 Å². The second-order valence-electron chi connectivity index (χ2n) is 4.63. The molecule has 0 radical (unpaired) electrons. The molecule has 1 atom stereocenters. The predicted octanol–water partition coefficient (Wildman–Crippen LogP) is 3.31. The number of nitrogens with two attached hydrogens (primary N) is 1. The van der Waals surface area contributed by atoms with Crippen molar-refractivity contribution in [1.29, 1.82) is 0 Å². The van der Waals surface area contributed by atoms with Crippen LogP contribution >= 0.6 is 23.2 Å². The van der Waals surface area contributed by atoms with E-state index in [0.717, 1.165) is 19.6 Å². The zero-order valence-electron chi connectivity index (χ0n) is 9.83. The highest BCUT2D eigenvalue weighted by molar-refractivity contribution is 6.34. The number of piperidine rings is 1. The van der Waals surface area contributed by atoms with E-state index in [2.05, 4.69) is 4.90 Å². The minimum Gasteiger partial charge on any atom is -0.329 e. The van der Waals surface area contributed by atoms with E-state index in [-0.39, 0.29) is 0 Å². The number of hydrogen-bond acceptors (Lipinski definition) is 2. The molecule has 2 rings (SSSR count). The lowest BCUT2D eigenvalue weighted by Gasteiger charge is -2.35. The topological polar surface area (TPSA) is 29.3 Å². The second kappa shape index (κ2) is 6.05. The summed E-state index contributed by atoms with van der Waals surface area (Å²) in [4.78, 5) is 2.44. The van der Waals surface area contributed by atoms with Crippen LogP contribution in [0.1, 0.15) is 24.8 Å². The van der Waals surface area contributed by atoms with Gasteiger partial charge in [-0.2, -0.15) is 0 Å². The molecule has 2 N–H and O–H groups in total. The zero-order valence-corrected chi connectivity index (χ0v) is 11.3. The van der Waals surface area contributed by atoms with Crippen molar-refractivity contribution >= 4 is 23.2 Å². The van der Waals surface area contributed by atoms with Crippen LogP contribution in [-0.4, -0.2) is 24.0 Å². The van der Waals surface area contributed by atoms with Gasteiger partial charge in [-0.25, -0.2) is 0 Å². The van der Waals surface area contributed by atoms with E-state index >= 15 is 0 Å². The van der Waals surface area contributed by atoms with Gasteiger partial charge in [0.25, 0.3) is 0 Å². The van der Waals surface area contributed by atoms with Crippen molar-refractivity contribution in [1.82, 2.24) is 4.90 Å². The molecule has 0 amide bonds. The molecule has 0 spiro atoms. The quantitative estimate of drug-likeness (QED) is 0.915. The lowest BCUT2D eigenvalue weighted by atomic mass is 10.0. The minimum absolute atomic E-state index is 0.501. The highest BCUT2D eigenvalue weighted by Crippen LogP contribution is 2.23. The van der Waals surface area contributed by atoms with Crippen LogP contribution in [0.25, 0.3) is 0 Å². The van der Waals surface area contributed by atoms with Gasteiger partial charge < -0.3 is 5.73 Å². The van der Waals surface area contributed by atoms with Crippen LogP contribution in [0.2, 0.25) is 10.0 Å². The zero-order chi connectivity index (χ0) is 12.3. The maximum absolute atomic E-state index is 6.01. The van der Waals surface area contributed by atoms with Gasteiger partial charge in [0.2, 0.25) is 0 Å². The highest BCUT2D eigenvalue weighted by Gasteiger charge is 2.21.